The fraction of sp³-hybridized carbons (Fsp3) is 0.667. The van der Waals surface area contributed by atoms with Gasteiger partial charge in [-0.1, -0.05) is 26.7 Å². The molecule has 2 rings (SSSR count). The predicted molar refractivity (Wildman–Crippen MR) is 82.3 cm³/mol. The Morgan fingerprint density at radius 1 is 1.38 bits per heavy atom. The van der Waals surface area contributed by atoms with Crippen molar-refractivity contribution in [2.75, 3.05) is 12.0 Å². The molecule has 1 aliphatic rings. The summed E-state index contributed by atoms with van der Waals surface area (Å²) in [6.07, 6.45) is 4.81. The van der Waals surface area contributed by atoms with Crippen molar-refractivity contribution < 1.29 is 4.79 Å². The molecule has 0 fully saturated rings. The highest BCUT2D eigenvalue weighted by atomic mass is 16.2. The fourth-order valence-corrected chi connectivity index (χ4v) is 2.93. The Bertz CT molecular complexity index is 485. The lowest BCUT2D eigenvalue weighted by atomic mass is 9.95. The van der Waals surface area contributed by atoms with Gasteiger partial charge in [0.1, 0.15) is 0 Å². The van der Waals surface area contributed by atoms with E-state index in [1.54, 1.807) is 0 Å². The second kappa shape index (κ2) is 7.36. The van der Waals surface area contributed by atoms with Crippen molar-refractivity contribution in [3.05, 3.63) is 17.3 Å². The van der Waals surface area contributed by atoms with Crippen LogP contribution in [0.3, 0.4) is 0 Å². The standard InChI is InChI=1S/C15H25N5O/c1-3-5-11(6-4-2)15(21)20-8-7-13-12(10-20)9-14(17-16)19-18-13/h9,11H,3-8,10,16H2,1-2H3,(H,17,19). The average Bonchev–Trinajstić information content (AvgIpc) is 2.52. The van der Waals surface area contributed by atoms with Crippen LogP contribution in [0, 0.1) is 5.92 Å². The summed E-state index contributed by atoms with van der Waals surface area (Å²) in [5.41, 5.74) is 4.53. The summed E-state index contributed by atoms with van der Waals surface area (Å²) in [5, 5.41) is 8.16. The molecule has 1 amide bonds. The average molecular weight is 291 g/mol. The first kappa shape index (κ1) is 15.7. The highest BCUT2D eigenvalue weighted by Crippen LogP contribution is 2.23. The molecule has 0 aliphatic carbocycles. The lowest BCUT2D eigenvalue weighted by Crippen LogP contribution is -2.40. The molecule has 0 atom stereocenters. The molecule has 0 radical (unpaired) electrons. The number of amides is 1. The molecule has 21 heavy (non-hydrogen) atoms. The van der Waals surface area contributed by atoms with Crippen LogP contribution >= 0.6 is 0 Å². The Labute approximate surface area is 126 Å². The van der Waals surface area contributed by atoms with Gasteiger partial charge in [0, 0.05) is 25.4 Å². The maximum atomic E-state index is 12.7. The van der Waals surface area contributed by atoms with Crippen LogP contribution < -0.4 is 11.3 Å². The predicted octanol–water partition coefficient (Wildman–Crippen LogP) is 1.86. The number of aromatic nitrogens is 2. The highest BCUT2D eigenvalue weighted by Gasteiger charge is 2.27. The molecule has 0 saturated carbocycles. The fourth-order valence-electron chi connectivity index (χ4n) is 2.93. The van der Waals surface area contributed by atoms with Crippen molar-refractivity contribution in [3.8, 4) is 0 Å². The molecular formula is C15H25N5O. The summed E-state index contributed by atoms with van der Waals surface area (Å²) in [7, 11) is 0. The zero-order valence-electron chi connectivity index (χ0n) is 12.9. The number of carbonyl (C=O) groups is 1. The minimum absolute atomic E-state index is 0.156. The Morgan fingerprint density at radius 3 is 2.71 bits per heavy atom. The number of nitrogens with zero attached hydrogens (tertiary/aromatic N) is 3. The third kappa shape index (κ3) is 3.69. The number of nitrogens with two attached hydrogens (primary N) is 1. The quantitative estimate of drug-likeness (QED) is 0.617. The lowest BCUT2D eigenvalue weighted by Gasteiger charge is -2.31. The van der Waals surface area contributed by atoms with Gasteiger partial charge in [0.25, 0.3) is 0 Å². The molecule has 1 aromatic heterocycles. The van der Waals surface area contributed by atoms with Gasteiger partial charge in [-0.2, -0.15) is 5.10 Å². The Hall–Kier alpha value is -1.69. The molecule has 0 bridgehead atoms. The van der Waals surface area contributed by atoms with E-state index in [0.717, 1.165) is 49.9 Å². The number of hydrogen-bond acceptors (Lipinski definition) is 5. The number of nitrogen functional groups attached to an aromatic ring is 1. The molecule has 1 aromatic rings. The maximum absolute atomic E-state index is 12.7. The van der Waals surface area contributed by atoms with Crippen molar-refractivity contribution in [2.45, 2.75) is 52.5 Å². The first-order valence-electron chi connectivity index (χ1n) is 7.80. The third-order valence-electron chi connectivity index (χ3n) is 4.02. The van der Waals surface area contributed by atoms with Crippen LogP contribution in [0.4, 0.5) is 5.82 Å². The number of carbonyl (C=O) groups excluding carboxylic acids is 1. The van der Waals surface area contributed by atoms with E-state index < -0.39 is 0 Å². The van der Waals surface area contributed by atoms with Gasteiger partial charge in [0.15, 0.2) is 5.82 Å². The molecular weight excluding hydrogens is 266 g/mol. The first-order valence-corrected chi connectivity index (χ1v) is 7.80. The van der Waals surface area contributed by atoms with Gasteiger partial charge >= 0.3 is 0 Å². The normalized spacial score (nSPS) is 14.2. The minimum atomic E-state index is 0.156. The molecule has 116 valence electrons. The van der Waals surface area contributed by atoms with Gasteiger partial charge in [-0.3, -0.25) is 4.79 Å². The molecule has 0 saturated heterocycles. The number of hydrogen-bond donors (Lipinski definition) is 2. The van der Waals surface area contributed by atoms with Gasteiger partial charge < -0.3 is 10.3 Å². The van der Waals surface area contributed by atoms with Crippen molar-refractivity contribution in [2.24, 2.45) is 11.8 Å². The third-order valence-corrected chi connectivity index (χ3v) is 4.02. The van der Waals surface area contributed by atoms with E-state index in [9.17, 15) is 4.79 Å². The molecule has 1 aliphatic heterocycles. The number of fused-ring (bicyclic) bond motifs is 1. The molecule has 0 aromatic carbocycles. The van der Waals surface area contributed by atoms with Gasteiger partial charge in [0.2, 0.25) is 5.91 Å². The molecule has 3 N–H and O–H groups in total. The Morgan fingerprint density at radius 2 is 2.10 bits per heavy atom. The zero-order valence-corrected chi connectivity index (χ0v) is 12.9. The van der Waals surface area contributed by atoms with Crippen LogP contribution in [-0.4, -0.2) is 27.5 Å². The van der Waals surface area contributed by atoms with E-state index in [2.05, 4.69) is 29.5 Å². The maximum Gasteiger partial charge on any atom is 0.225 e. The van der Waals surface area contributed by atoms with Crippen molar-refractivity contribution in [1.29, 1.82) is 0 Å². The Balaban J connectivity index is 2.10. The molecule has 6 heteroatoms. The van der Waals surface area contributed by atoms with E-state index >= 15 is 0 Å². The second-order valence-corrected chi connectivity index (χ2v) is 5.63. The number of rotatable bonds is 6. The summed E-state index contributed by atoms with van der Waals surface area (Å²) in [4.78, 5) is 14.7. The van der Waals surface area contributed by atoms with Gasteiger partial charge in [-0.15, -0.1) is 5.10 Å². The van der Waals surface area contributed by atoms with Crippen LogP contribution in [0.15, 0.2) is 6.07 Å². The number of anilines is 1. The second-order valence-electron chi connectivity index (χ2n) is 5.63. The number of hydrazine groups is 1. The van der Waals surface area contributed by atoms with Crippen LogP contribution in [0.25, 0.3) is 0 Å². The van der Waals surface area contributed by atoms with E-state index in [-0.39, 0.29) is 11.8 Å². The van der Waals surface area contributed by atoms with Gasteiger partial charge in [0.05, 0.1) is 5.69 Å². The van der Waals surface area contributed by atoms with Crippen LogP contribution in [-0.2, 0) is 17.8 Å². The lowest BCUT2D eigenvalue weighted by molar-refractivity contribution is -0.137. The van der Waals surface area contributed by atoms with Crippen molar-refractivity contribution in [1.82, 2.24) is 15.1 Å². The van der Waals surface area contributed by atoms with E-state index in [1.807, 2.05) is 11.0 Å². The van der Waals surface area contributed by atoms with Crippen molar-refractivity contribution >= 4 is 11.7 Å². The van der Waals surface area contributed by atoms with E-state index in [1.165, 1.54) is 0 Å². The van der Waals surface area contributed by atoms with Gasteiger partial charge in [-0.05, 0) is 24.5 Å². The van der Waals surface area contributed by atoms with Crippen LogP contribution in [0.1, 0.15) is 50.8 Å². The van der Waals surface area contributed by atoms with Gasteiger partial charge in [-0.25, -0.2) is 5.84 Å². The van der Waals surface area contributed by atoms with Crippen LogP contribution in [0.2, 0.25) is 0 Å². The largest absolute Gasteiger partial charge is 0.338 e. The monoisotopic (exact) mass is 291 g/mol. The Kier molecular flexibility index (Phi) is 5.50. The highest BCUT2D eigenvalue weighted by molar-refractivity contribution is 5.79. The summed E-state index contributed by atoms with van der Waals surface area (Å²) >= 11 is 0. The molecule has 6 nitrogen and oxygen atoms in total. The van der Waals surface area contributed by atoms with E-state index in [0.29, 0.717) is 12.4 Å². The zero-order chi connectivity index (χ0) is 15.2. The molecule has 0 unspecified atom stereocenters. The van der Waals surface area contributed by atoms with Crippen molar-refractivity contribution in [3.63, 3.8) is 0 Å². The number of nitrogens with one attached hydrogen (secondary N) is 1. The smallest absolute Gasteiger partial charge is 0.225 e. The molecule has 0 spiro atoms. The first-order chi connectivity index (χ1) is 10.2. The van der Waals surface area contributed by atoms with Crippen LogP contribution in [0.5, 0.6) is 0 Å². The molecule has 2 heterocycles. The summed E-state index contributed by atoms with van der Waals surface area (Å²) in [6.45, 7) is 5.62. The minimum Gasteiger partial charge on any atom is -0.338 e. The SMILES string of the molecule is CCCC(CCC)C(=O)N1CCc2nnc(NN)cc2C1. The summed E-state index contributed by atoms with van der Waals surface area (Å²) in [5.74, 6) is 6.35. The topological polar surface area (TPSA) is 84.1 Å². The summed E-state index contributed by atoms with van der Waals surface area (Å²) in [6, 6.07) is 1.89. The summed E-state index contributed by atoms with van der Waals surface area (Å²) < 4.78 is 0. The van der Waals surface area contributed by atoms with E-state index in [4.69, 9.17) is 5.84 Å².